The van der Waals surface area contributed by atoms with Crippen LogP contribution in [0.15, 0.2) is 18.3 Å². The number of anilines is 1. The van der Waals surface area contributed by atoms with E-state index in [0.29, 0.717) is 25.5 Å². The zero-order valence-corrected chi connectivity index (χ0v) is 15.4. The van der Waals surface area contributed by atoms with E-state index < -0.39 is 0 Å². The van der Waals surface area contributed by atoms with Crippen LogP contribution in [0.2, 0.25) is 0 Å². The van der Waals surface area contributed by atoms with Crippen molar-refractivity contribution in [2.24, 2.45) is 0 Å². The van der Waals surface area contributed by atoms with E-state index in [1.165, 1.54) is 11.1 Å². The number of methoxy groups -OCH3 is 1. The van der Waals surface area contributed by atoms with E-state index in [0.717, 1.165) is 24.1 Å². The minimum atomic E-state index is -0.0983. The molecule has 7 nitrogen and oxygen atoms in total. The van der Waals surface area contributed by atoms with E-state index >= 15 is 0 Å². The summed E-state index contributed by atoms with van der Waals surface area (Å²) < 4.78 is 12.6. The summed E-state index contributed by atoms with van der Waals surface area (Å²) in [6.45, 7) is 5.91. The molecule has 2 aromatic rings. The molecule has 0 aliphatic carbocycles. The molecule has 0 N–H and O–H groups in total. The summed E-state index contributed by atoms with van der Waals surface area (Å²) in [5, 5.41) is 8.31. The Kier molecular flexibility index (Phi) is 4.50. The molecule has 1 aromatic heterocycles. The molecule has 0 saturated carbocycles. The number of carbonyl (C=O) groups excluding carboxylic acids is 1. The van der Waals surface area contributed by atoms with Crippen LogP contribution in [0.5, 0.6) is 0 Å². The van der Waals surface area contributed by atoms with Gasteiger partial charge in [-0.2, -0.15) is 0 Å². The first kappa shape index (κ1) is 17.2. The van der Waals surface area contributed by atoms with Crippen molar-refractivity contribution in [3.8, 4) is 0 Å². The molecule has 3 heterocycles. The predicted octanol–water partition coefficient (Wildman–Crippen LogP) is 2.07. The lowest BCUT2D eigenvalue weighted by molar-refractivity contribution is 0.0661. The van der Waals surface area contributed by atoms with Gasteiger partial charge in [-0.3, -0.25) is 4.79 Å². The minimum Gasteiger partial charge on any atom is -0.377 e. The highest BCUT2D eigenvalue weighted by atomic mass is 16.5. The molecule has 2 aliphatic rings. The topological polar surface area (TPSA) is 69.5 Å². The highest BCUT2D eigenvalue weighted by Gasteiger charge is 2.32. The first-order valence-corrected chi connectivity index (χ1v) is 9.03. The highest BCUT2D eigenvalue weighted by Crippen LogP contribution is 2.33. The predicted molar refractivity (Wildman–Crippen MR) is 96.6 cm³/mol. The van der Waals surface area contributed by atoms with Crippen LogP contribution in [0.3, 0.4) is 0 Å². The Morgan fingerprint density at radius 1 is 1.31 bits per heavy atom. The normalized spacial score (nSPS) is 22.5. The van der Waals surface area contributed by atoms with Crippen molar-refractivity contribution in [1.29, 1.82) is 0 Å². The summed E-state index contributed by atoms with van der Waals surface area (Å²) in [5.41, 5.74) is 4.98. The largest absolute Gasteiger partial charge is 0.377 e. The van der Waals surface area contributed by atoms with Crippen molar-refractivity contribution in [2.45, 2.75) is 38.8 Å². The van der Waals surface area contributed by atoms with Crippen molar-refractivity contribution in [2.75, 3.05) is 31.8 Å². The molecule has 138 valence electrons. The molecule has 1 amide bonds. The van der Waals surface area contributed by atoms with E-state index in [9.17, 15) is 4.79 Å². The van der Waals surface area contributed by atoms with Crippen LogP contribution in [-0.2, 0) is 15.9 Å². The van der Waals surface area contributed by atoms with Crippen LogP contribution >= 0.6 is 0 Å². The van der Waals surface area contributed by atoms with Crippen molar-refractivity contribution in [1.82, 2.24) is 15.0 Å². The Bertz CT molecular complexity index is 832. The molecular formula is C19H24N4O3. The maximum absolute atomic E-state index is 13.2. The second kappa shape index (κ2) is 6.81. The third-order valence-electron chi connectivity index (χ3n) is 5.50. The zero-order chi connectivity index (χ0) is 18.3. The van der Waals surface area contributed by atoms with Crippen LogP contribution in [0, 0.1) is 13.8 Å². The Morgan fingerprint density at radius 3 is 2.96 bits per heavy atom. The number of nitrogens with zero attached hydrogens (tertiary/aromatic N) is 4. The first-order chi connectivity index (χ1) is 12.6. The van der Waals surface area contributed by atoms with Gasteiger partial charge in [0.25, 0.3) is 5.91 Å². The number of rotatable bonds is 3. The van der Waals surface area contributed by atoms with E-state index in [-0.39, 0.29) is 18.1 Å². The van der Waals surface area contributed by atoms with Crippen LogP contribution in [-0.4, -0.2) is 53.9 Å². The minimum absolute atomic E-state index is 0.0494. The number of carbonyl (C=O) groups is 1. The summed E-state index contributed by atoms with van der Waals surface area (Å²) in [5.74, 6) is -0.0983. The molecular weight excluding hydrogens is 332 g/mol. The SMILES string of the molecule is CO[C@@H]1COC[C@H]1n1cc(C(=O)N2CCCc3ccc(C)c(C)c32)nn1. The average molecular weight is 356 g/mol. The Morgan fingerprint density at radius 2 is 2.15 bits per heavy atom. The summed E-state index contributed by atoms with van der Waals surface area (Å²) >= 11 is 0. The summed E-state index contributed by atoms with van der Waals surface area (Å²) in [4.78, 5) is 15.0. The maximum atomic E-state index is 13.2. The summed E-state index contributed by atoms with van der Waals surface area (Å²) in [6.07, 6.45) is 3.60. The van der Waals surface area contributed by atoms with E-state index in [2.05, 4.69) is 36.3 Å². The van der Waals surface area contributed by atoms with Gasteiger partial charge in [0, 0.05) is 13.7 Å². The van der Waals surface area contributed by atoms with Gasteiger partial charge < -0.3 is 14.4 Å². The third kappa shape index (κ3) is 2.81. The fourth-order valence-electron chi connectivity index (χ4n) is 3.85. The number of aryl methyl sites for hydroxylation is 2. The second-order valence-corrected chi connectivity index (χ2v) is 7.04. The van der Waals surface area contributed by atoms with Crippen LogP contribution in [0.1, 0.15) is 39.6 Å². The van der Waals surface area contributed by atoms with Gasteiger partial charge in [0.1, 0.15) is 12.1 Å². The van der Waals surface area contributed by atoms with Gasteiger partial charge in [-0.25, -0.2) is 4.68 Å². The monoisotopic (exact) mass is 356 g/mol. The number of aromatic nitrogens is 3. The molecule has 0 bridgehead atoms. The van der Waals surface area contributed by atoms with Crippen LogP contribution < -0.4 is 4.90 Å². The van der Waals surface area contributed by atoms with Gasteiger partial charge in [0.05, 0.1) is 25.1 Å². The lowest BCUT2D eigenvalue weighted by Gasteiger charge is -2.31. The van der Waals surface area contributed by atoms with Gasteiger partial charge in [-0.05, 0) is 43.4 Å². The Hall–Kier alpha value is -2.25. The van der Waals surface area contributed by atoms with Gasteiger partial charge in [0.2, 0.25) is 0 Å². The molecule has 0 spiro atoms. The summed E-state index contributed by atoms with van der Waals surface area (Å²) in [6, 6.07) is 4.21. The van der Waals surface area contributed by atoms with Gasteiger partial charge in [0.15, 0.2) is 5.69 Å². The lowest BCUT2D eigenvalue weighted by atomic mass is 9.95. The van der Waals surface area contributed by atoms with E-state index in [1.54, 1.807) is 18.0 Å². The van der Waals surface area contributed by atoms with Crippen LogP contribution in [0.4, 0.5) is 5.69 Å². The molecule has 2 atom stereocenters. The van der Waals surface area contributed by atoms with Gasteiger partial charge in [-0.15, -0.1) is 5.10 Å². The molecule has 7 heteroatoms. The maximum Gasteiger partial charge on any atom is 0.280 e. The molecule has 2 aliphatic heterocycles. The molecule has 1 fully saturated rings. The zero-order valence-electron chi connectivity index (χ0n) is 15.4. The second-order valence-electron chi connectivity index (χ2n) is 7.04. The number of ether oxygens (including phenoxy) is 2. The number of hydrogen-bond acceptors (Lipinski definition) is 5. The lowest BCUT2D eigenvalue weighted by Crippen LogP contribution is -2.36. The van der Waals surface area contributed by atoms with E-state index in [1.807, 2.05) is 4.90 Å². The van der Waals surface area contributed by atoms with Crippen molar-refractivity contribution >= 4 is 11.6 Å². The van der Waals surface area contributed by atoms with Crippen molar-refractivity contribution < 1.29 is 14.3 Å². The smallest absolute Gasteiger partial charge is 0.280 e. The number of amides is 1. The van der Waals surface area contributed by atoms with Crippen molar-refractivity contribution in [3.63, 3.8) is 0 Å². The fourth-order valence-corrected chi connectivity index (χ4v) is 3.85. The molecule has 26 heavy (non-hydrogen) atoms. The van der Waals surface area contributed by atoms with E-state index in [4.69, 9.17) is 9.47 Å². The fraction of sp³-hybridized carbons (Fsp3) is 0.526. The average Bonchev–Trinajstić information content (AvgIpc) is 3.32. The quantitative estimate of drug-likeness (QED) is 0.842. The number of fused-ring (bicyclic) bond motifs is 1. The van der Waals surface area contributed by atoms with Crippen molar-refractivity contribution in [3.05, 3.63) is 40.7 Å². The Balaban J connectivity index is 1.63. The van der Waals surface area contributed by atoms with Gasteiger partial charge >= 0.3 is 0 Å². The number of benzene rings is 1. The molecule has 1 aromatic carbocycles. The van der Waals surface area contributed by atoms with Crippen LogP contribution in [0.25, 0.3) is 0 Å². The molecule has 0 unspecified atom stereocenters. The third-order valence-corrected chi connectivity index (χ3v) is 5.50. The standard InChI is InChI=1S/C19H24N4O3/c1-12-6-7-14-5-4-8-22(18(14)13(12)2)19(24)15-9-23(21-20-15)16-10-26-11-17(16)25-3/h6-7,9,16-17H,4-5,8,10-11H2,1-3H3/t16-,17-/m1/s1. The van der Waals surface area contributed by atoms with Gasteiger partial charge in [-0.1, -0.05) is 17.3 Å². The molecule has 1 saturated heterocycles. The highest BCUT2D eigenvalue weighted by molar-refractivity contribution is 6.05. The Labute approximate surface area is 152 Å². The molecule has 4 rings (SSSR count). The number of hydrogen-bond donors (Lipinski definition) is 0. The molecule has 0 radical (unpaired) electrons. The first-order valence-electron chi connectivity index (χ1n) is 9.03. The summed E-state index contributed by atoms with van der Waals surface area (Å²) in [7, 11) is 1.66.